The van der Waals surface area contributed by atoms with Crippen molar-refractivity contribution in [3.63, 3.8) is 0 Å². The van der Waals surface area contributed by atoms with Gasteiger partial charge in [-0.25, -0.2) is 0 Å². The van der Waals surface area contributed by atoms with Crippen LogP contribution in [0.1, 0.15) is 26.7 Å². The van der Waals surface area contributed by atoms with E-state index in [1.807, 2.05) is 0 Å². The average molecular weight is 85.2 g/mol. The smallest absolute Gasteiger partial charge is 0.0652 e. The van der Waals surface area contributed by atoms with E-state index in [2.05, 4.69) is 20.8 Å². The molecule has 0 spiro atoms. The molecule has 0 radical (unpaired) electrons. The molecule has 0 saturated carbocycles. The van der Waals surface area contributed by atoms with Crippen LogP contribution in [0.15, 0.2) is 0 Å². The Bertz CT molecular complexity index is 21.2. The lowest BCUT2D eigenvalue weighted by atomic mass is 10.1. The minimum Gasteiger partial charge on any atom is -0.0652 e. The monoisotopic (exact) mass is 85.1 g/mol. The summed E-state index contributed by atoms with van der Waals surface area (Å²) in [5.74, 6) is 0.648. The van der Waals surface area contributed by atoms with Crippen molar-refractivity contribution in [3.05, 3.63) is 6.92 Å². The van der Waals surface area contributed by atoms with Crippen LogP contribution < -0.4 is 0 Å². The largest absolute Gasteiger partial charge is 0.0924 e. The number of hydrogen-bond donors (Lipinski definition) is 0. The second-order valence-electron chi connectivity index (χ2n) is 1.89. The predicted molar refractivity (Wildman–Crippen MR) is 29.4 cm³/mol. The second kappa shape index (κ2) is 3.08. The zero-order valence-corrected chi connectivity index (χ0v) is 4.70. The van der Waals surface area contributed by atoms with E-state index >= 15 is 0 Å². The van der Waals surface area contributed by atoms with Crippen LogP contribution in [0, 0.1) is 12.8 Å². The first-order chi connectivity index (χ1) is 2.77. The van der Waals surface area contributed by atoms with Crippen LogP contribution in [0.25, 0.3) is 0 Å². The van der Waals surface area contributed by atoms with Gasteiger partial charge in [0.15, 0.2) is 0 Å². The summed E-state index contributed by atoms with van der Waals surface area (Å²) in [6.45, 7) is 8.15. The van der Waals surface area contributed by atoms with Gasteiger partial charge in [-0.05, 0) is 13.3 Å². The van der Waals surface area contributed by atoms with Crippen molar-refractivity contribution < 1.29 is 0 Å². The van der Waals surface area contributed by atoms with Gasteiger partial charge in [-0.1, -0.05) is 13.3 Å². The summed E-state index contributed by atoms with van der Waals surface area (Å²) < 4.78 is 0. The molecule has 0 aromatic rings. The Morgan fingerprint density at radius 1 is 1.67 bits per heavy atom. The zero-order valence-electron chi connectivity index (χ0n) is 4.70. The summed E-state index contributed by atoms with van der Waals surface area (Å²) in [6.07, 6.45) is 2.53. The Morgan fingerprint density at radius 2 is 2.17 bits per heavy atom. The molecule has 0 aliphatic rings. The topological polar surface area (TPSA) is 0 Å². The highest BCUT2D eigenvalue weighted by Crippen LogP contribution is 1.99. The quantitative estimate of drug-likeness (QED) is 0.451. The molecule has 0 bridgehead atoms. The van der Waals surface area contributed by atoms with Crippen LogP contribution in [0.2, 0.25) is 0 Å². The van der Waals surface area contributed by atoms with Crippen molar-refractivity contribution in [1.82, 2.24) is 0 Å². The van der Waals surface area contributed by atoms with Gasteiger partial charge in [0.2, 0.25) is 0 Å². The number of rotatable bonds is 2. The van der Waals surface area contributed by atoms with Gasteiger partial charge in [0.25, 0.3) is 0 Å². The molecule has 36 valence electrons. The van der Waals surface area contributed by atoms with Crippen molar-refractivity contribution in [2.45, 2.75) is 26.7 Å². The van der Waals surface area contributed by atoms with Gasteiger partial charge in [0, 0.05) is 0 Å². The summed E-state index contributed by atoms with van der Waals surface area (Å²) in [5.41, 5.74) is 0. The minimum atomic E-state index is 0.648. The summed E-state index contributed by atoms with van der Waals surface area (Å²) in [5, 5.41) is 0. The molecule has 0 saturated heterocycles. The molecular weight excluding hydrogens is 72.1 g/mol. The van der Waals surface area contributed by atoms with Crippen LogP contribution in [0.4, 0.5) is 0 Å². The summed E-state index contributed by atoms with van der Waals surface area (Å²) in [7, 11) is 0. The highest BCUT2D eigenvalue weighted by molar-refractivity contribution is 4.50. The van der Waals surface area contributed by atoms with Gasteiger partial charge in [-0.2, -0.15) is 0 Å². The highest BCUT2D eigenvalue weighted by atomic mass is 13.9. The van der Waals surface area contributed by atoms with E-state index in [-0.39, 0.29) is 0 Å². The molecule has 0 amide bonds. The molecule has 6 heavy (non-hydrogen) atoms. The third-order valence-electron chi connectivity index (χ3n) is 0.781. The third-order valence-corrected chi connectivity index (χ3v) is 0.781. The molecule has 0 nitrogen and oxygen atoms in total. The molecule has 0 heterocycles. The molecule has 0 fully saturated rings. The van der Waals surface area contributed by atoms with Crippen molar-refractivity contribution in [2.75, 3.05) is 0 Å². The minimum absolute atomic E-state index is 0.648. The number of hydrogen-bond acceptors (Lipinski definition) is 0. The molecule has 1 unspecified atom stereocenters. The maximum Gasteiger partial charge on any atom is 0.0924 e. The average Bonchev–Trinajstić information content (AvgIpc) is 1.35. The van der Waals surface area contributed by atoms with E-state index in [0.29, 0.717) is 5.92 Å². The van der Waals surface area contributed by atoms with Gasteiger partial charge in [-0.15, -0.1) is 0 Å². The summed E-state index contributed by atoms with van der Waals surface area (Å²) in [6, 6.07) is 0. The van der Waals surface area contributed by atoms with Crippen molar-refractivity contribution in [1.29, 1.82) is 0 Å². The standard InChI is InChI=1S/C6H13/c1-4-5-6(2)3/h6H,2,4-5H2,1,3H3/q+1. The SMILES string of the molecule is [CH2+]C(C)CCC. The van der Waals surface area contributed by atoms with E-state index < -0.39 is 0 Å². The fourth-order valence-electron chi connectivity index (χ4n) is 0.493. The van der Waals surface area contributed by atoms with Gasteiger partial charge in [0.05, 0.1) is 12.8 Å². The molecule has 1 atom stereocenters. The Hall–Kier alpha value is -0.130. The summed E-state index contributed by atoms with van der Waals surface area (Å²) in [4.78, 5) is 0. The van der Waals surface area contributed by atoms with Crippen LogP contribution in [0.3, 0.4) is 0 Å². The maximum absolute atomic E-state index is 3.83. The molecular formula is C6H13+. The van der Waals surface area contributed by atoms with Gasteiger partial charge in [0.1, 0.15) is 0 Å². The highest BCUT2D eigenvalue weighted by Gasteiger charge is 1.93. The van der Waals surface area contributed by atoms with E-state index in [4.69, 9.17) is 0 Å². The van der Waals surface area contributed by atoms with E-state index in [1.165, 1.54) is 12.8 Å². The lowest BCUT2D eigenvalue weighted by Gasteiger charge is -1.88. The molecule has 0 aromatic carbocycles. The Labute approximate surface area is 40.6 Å². The third kappa shape index (κ3) is 3.87. The Morgan fingerprint density at radius 3 is 2.17 bits per heavy atom. The molecule has 0 rings (SSSR count). The fraction of sp³-hybridized carbons (Fsp3) is 0.833. The molecule has 0 N–H and O–H groups in total. The second-order valence-corrected chi connectivity index (χ2v) is 1.89. The van der Waals surface area contributed by atoms with Crippen LogP contribution in [0.5, 0.6) is 0 Å². The molecule has 0 aliphatic carbocycles. The molecule has 0 heteroatoms. The first-order valence-electron chi connectivity index (χ1n) is 2.60. The Kier molecular flexibility index (Phi) is 3.01. The van der Waals surface area contributed by atoms with E-state index in [1.54, 1.807) is 0 Å². The first kappa shape index (κ1) is 5.87. The van der Waals surface area contributed by atoms with Crippen LogP contribution >= 0.6 is 0 Å². The first-order valence-corrected chi connectivity index (χ1v) is 2.60. The molecule has 0 aromatic heterocycles. The van der Waals surface area contributed by atoms with Gasteiger partial charge >= 0.3 is 0 Å². The maximum atomic E-state index is 3.83. The van der Waals surface area contributed by atoms with Crippen LogP contribution in [-0.2, 0) is 0 Å². The van der Waals surface area contributed by atoms with Crippen molar-refractivity contribution in [2.24, 2.45) is 5.92 Å². The van der Waals surface area contributed by atoms with E-state index in [0.717, 1.165) is 0 Å². The normalized spacial score (nSPS) is 14.3. The summed E-state index contributed by atoms with van der Waals surface area (Å²) >= 11 is 0. The predicted octanol–water partition coefficient (Wildman–Crippen LogP) is 2.26. The lowest BCUT2D eigenvalue weighted by Crippen LogP contribution is -1.82. The van der Waals surface area contributed by atoms with Crippen molar-refractivity contribution in [3.8, 4) is 0 Å². The van der Waals surface area contributed by atoms with Gasteiger partial charge in [-0.3, -0.25) is 0 Å². The fourth-order valence-corrected chi connectivity index (χ4v) is 0.493. The van der Waals surface area contributed by atoms with E-state index in [9.17, 15) is 0 Å². The van der Waals surface area contributed by atoms with Gasteiger partial charge < -0.3 is 0 Å². The zero-order chi connectivity index (χ0) is 4.99. The molecule has 0 aliphatic heterocycles. The lowest BCUT2D eigenvalue weighted by molar-refractivity contribution is 0.630. The van der Waals surface area contributed by atoms with Crippen molar-refractivity contribution >= 4 is 0 Å². The Balaban J connectivity index is 2.63. The van der Waals surface area contributed by atoms with Crippen LogP contribution in [-0.4, -0.2) is 0 Å².